The molecule has 9 nitrogen and oxygen atoms in total. The van der Waals surface area contributed by atoms with Gasteiger partial charge in [0.05, 0.1) is 33.1 Å². The summed E-state index contributed by atoms with van der Waals surface area (Å²) < 4.78 is 23.9. The first-order valence-electron chi connectivity index (χ1n) is 9.52. The first-order chi connectivity index (χ1) is 15.2. The lowest BCUT2D eigenvalue weighted by molar-refractivity contribution is -0.00112. The molecule has 0 fully saturated rings. The van der Waals surface area contributed by atoms with Gasteiger partial charge in [-0.05, 0) is 35.9 Å². The van der Waals surface area contributed by atoms with E-state index in [0.717, 1.165) is 11.3 Å². The average Bonchev–Trinajstić information content (AvgIpc) is 3.45. The Bertz CT molecular complexity index is 1220. The van der Waals surface area contributed by atoms with Gasteiger partial charge in [-0.2, -0.15) is 4.98 Å². The molecule has 31 heavy (non-hydrogen) atoms. The number of methoxy groups -OCH3 is 2. The second-order valence-electron chi connectivity index (χ2n) is 6.91. The molecule has 5 rings (SSSR count). The smallest absolute Gasteiger partial charge is 0.258 e. The van der Waals surface area contributed by atoms with E-state index in [1.165, 1.54) is 0 Å². The average molecular weight is 440 g/mol. The van der Waals surface area contributed by atoms with Gasteiger partial charge in [-0.25, -0.2) is 4.68 Å². The Morgan fingerprint density at radius 1 is 1.06 bits per heavy atom. The van der Waals surface area contributed by atoms with E-state index in [4.69, 9.17) is 30.3 Å². The van der Waals surface area contributed by atoms with Crippen LogP contribution in [-0.2, 0) is 17.9 Å². The Balaban J connectivity index is 1.40. The standard InChI is InChI=1S/C21H18ClN5O4/c1-28-16-8-5-13(9-17(16)29-2)21-23-20(25-31-21)19-15-11-30-18(10-27(15)26-24-19)12-3-6-14(22)7-4-12/h3-9,18H,10-11H2,1-2H3/t18-/m1/s1. The molecule has 1 atom stereocenters. The number of ether oxygens (including phenoxy) is 3. The minimum atomic E-state index is -0.132. The van der Waals surface area contributed by atoms with Crippen LogP contribution in [-0.4, -0.2) is 39.4 Å². The molecule has 4 aromatic rings. The molecule has 2 aromatic heterocycles. The second-order valence-corrected chi connectivity index (χ2v) is 7.35. The Morgan fingerprint density at radius 2 is 1.87 bits per heavy atom. The summed E-state index contributed by atoms with van der Waals surface area (Å²) in [7, 11) is 3.15. The molecule has 3 heterocycles. The molecule has 0 unspecified atom stereocenters. The highest BCUT2D eigenvalue weighted by Crippen LogP contribution is 2.34. The first-order valence-corrected chi connectivity index (χ1v) is 9.90. The highest BCUT2D eigenvalue weighted by molar-refractivity contribution is 6.30. The lowest BCUT2D eigenvalue weighted by atomic mass is 10.1. The van der Waals surface area contributed by atoms with E-state index in [0.29, 0.717) is 52.6 Å². The van der Waals surface area contributed by atoms with E-state index in [9.17, 15) is 0 Å². The van der Waals surface area contributed by atoms with Crippen LogP contribution in [0.1, 0.15) is 17.4 Å². The maximum Gasteiger partial charge on any atom is 0.258 e. The van der Waals surface area contributed by atoms with Crippen LogP contribution in [0.4, 0.5) is 0 Å². The zero-order chi connectivity index (χ0) is 21.4. The van der Waals surface area contributed by atoms with E-state index >= 15 is 0 Å². The Labute approximate surface area is 182 Å². The van der Waals surface area contributed by atoms with Gasteiger partial charge in [-0.15, -0.1) is 5.10 Å². The highest BCUT2D eigenvalue weighted by Gasteiger charge is 2.27. The highest BCUT2D eigenvalue weighted by atomic mass is 35.5. The van der Waals surface area contributed by atoms with Gasteiger partial charge in [0.25, 0.3) is 5.89 Å². The fourth-order valence-corrected chi connectivity index (χ4v) is 3.60. The van der Waals surface area contributed by atoms with Crippen molar-refractivity contribution in [3.63, 3.8) is 0 Å². The number of nitrogens with zero attached hydrogens (tertiary/aromatic N) is 5. The van der Waals surface area contributed by atoms with E-state index in [1.807, 2.05) is 35.0 Å². The Kier molecular flexibility index (Phi) is 5.05. The van der Waals surface area contributed by atoms with Crippen molar-refractivity contribution in [3.8, 4) is 34.5 Å². The molecule has 10 heteroatoms. The van der Waals surface area contributed by atoms with Crippen LogP contribution < -0.4 is 9.47 Å². The summed E-state index contributed by atoms with van der Waals surface area (Å²) in [5.74, 6) is 1.88. The molecule has 0 bridgehead atoms. The normalized spacial score (nSPS) is 15.5. The molecule has 0 radical (unpaired) electrons. The topological polar surface area (TPSA) is 97.3 Å². The SMILES string of the molecule is COc1ccc(-c2nc(-c3nnn4c3CO[C@@H](c3ccc(Cl)cc3)C4)no2)cc1OC. The van der Waals surface area contributed by atoms with Gasteiger partial charge >= 0.3 is 0 Å². The van der Waals surface area contributed by atoms with Crippen LogP contribution in [0.3, 0.4) is 0 Å². The van der Waals surface area contributed by atoms with Crippen molar-refractivity contribution >= 4 is 11.6 Å². The number of halogens is 1. The van der Waals surface area contributed by atoms with Gasteiger partial charge in [-0.1, -0.05) is 34.1 Å². The van der Waals surface area contributed by atoms with Gasteiger partial charge in [0.1, 0.15) is 6.10 Å². The van der Waals surface area contributed by atoms with Crippen LogP contribution >= 0.6 is 11.6 Å². The molecule has 0 aliphatic carbocycles. The van der Waals surface area contributed by atoms with Crippen molar-refractivity contribution < 1.29 is 18.7 Å². The number of hydrogen-bond acceptors (Lipinski definition) is 8. The maximum absolute atomic E-state index is 6.04. The molecule has 1 aliphatic heterocycles. The number of aromatic nitrogens is 5. The summed E-state index contributed by atoms with van der Waals surface area (Å²) in [6.45, 7) is 0.861. The first kappa shape index (κ1) is 19.5. The summed E-state index contributed by atoms with van der Waals surface area (Å²) in [5, 5.41) is 13.3. The predicted octanol–water partition coefficient (Wildman–Crippen LogP) is 3.94. The van der Waals surface area contributed by atoms with Crippen molar-refractivity contribution in [1.82, 2.24) is 25.1 Å². The van der Waals surface area contributed by atoms with Crippen LogP contribution in [0.5, 0.6) is 11.5 Å². The van der Waals surface area contributed by atoms with Gasteiger partial charge in [0.2, 0.25) is 5.82 Å². The van der Waals surface area contributed by atoms with Crippen molar-refractivity contribution in [3.05, 3.63) is 58.7 Å². The van der Waals surface area contributed by atoms with Gasteiger partial charge in [0.15, 0.2) is 17.2 Å². The number of rotatable bonds is 5. The van der Waals surface area contributed by atoms with Crippen molar-refractivity contribution in [2.24, 2.45) is 0 Å². The summed E-state index contributed by atoms with van der Waals surface area (Å²) in [5.41, 5.74) is 3.06. The van der Waals surface area contributed by atoms with Gasteiger partial charge in [-0.3, -0.25) is 0 Å². The van der Waals surface area contributed by atoms with Crippen LogP contribution in [0, 0.1) is 0 Å². The Hall–Kier alpha value is -3.43. The third kappa shape index (κ3) is 3.62. The largest absolute Gasteiger partial charge is 0.493 e. The minimum Gasteiger partial charge on any atom is -0.493 e. The molecule has 1 aliphatic rings. The van der Waals surface area contributed by atoms with E-state index < -0.39 is 0 Å². The summed E-state index contributed by atoms with van der Waals surface area (Å²) in [6, 6.07) is 13.0. The molecule has 0 saturated heterocycles. The zero-order valence-electron chi connectivity index (χ0n) is 16.8. The lowest BCUT2D eigenvalue weighted by Gasteiger charge is -2.24. The van der Waals surface area contributed by atoms with Crippen molar-refractivity contribution in [2.45, 2.75) is 19.3 Å². The molecular weight excluding hydrogens is 422 g/mol. The third-order valence-corrected chi connectivity index (χ3v) is 5.36. The van der Waals surface area contributed by atoms with E-state index in [-0.39, 0.29) is 6.10 Å². The molecule has 0 spiro atoms. The van der Waals surface area contributed by atoms with Crippen LogP contribution in [0.2, 0.25) is 5.02 Å². The fourth-order valence-electron chi connectivity index (χ4n) is 3.47. The maximum atomic E-state index is 6.04. The zero-order valence-corrected chi connectivity index (χ0v) is 17.5. The number of fused-ring (bicyclic) bond motifs is 1. The number of benzene rings is 2. The van der Waals surface area contributed by atoms with Gasteiger partial charge < -0.3 is 18.7 Å². The molecule has 0 N–H and O–H groups in total. The molecule has 0 saturated carbocycles. The van der Waals surface area contributed by atoms with Gasteiger partial charge in [0, 0.05) is 10.6 Å². The number of hydrogen-bond donors (Lipinski definition) is 0. The predicted molar refractivity (Wildman–Crippen MR) is 111 cm³/mol. The van der Waals surface area contributed by atoms with Crippen LogP contribution in [0.15, 0.2) is 47.0 Å². The van der Waals surface area contributed by atoms with Crippen molar-refractivity contribution in [2.75, 3.05) is 14.2 Å². The summed E-state index contributed by atoms with van der Waals surface area (Å²) in [6.07, 6.45) is -0.132. The fraction of sp³-hybridized carbons (Fsp3) is 0.238. The lowest BCUT2D eigenvalue weighted by Crippen LogP contribution is -2.22. The molecule has 2 aromatic carbocycles. The summed E-state index contributed by atoms with van der Waals surface area (Å²) in [4.78, 5) is 4.49. The van der Waals surface area contributed by atoms with E-state index in [1.54, 1.807) is 26.4 Å². The second kappa shape index (κ2) is 8.01. The van der Waals surface area contributed by atoms with Crippen molar-refractivity contribution in [1.29, 1.82) is 0 Å². The summed E-state index contributed by atoms with van der Waals surface area (Å²) >= 11 is 5.98. The quantitative estimate of drug-likeness (QED) is 0.461. The van der Waals surface area contributed by atoms with E-state index in [2.05, 4.69) is 20.5 Å². The molecular formula is C21H18ClN5O4. The van der Waals surface area contributed by atoms with Crippen LogP contribution in [0.25, 0.3) is 23.0 Å². The molecule has 0 amide bonds. The molecule has 158 valence electrons. The Morgan fingerprint density at radius 3 is 2.65 bits per heavy atom. The third-order valence-electron chi connectivity index (χ3n) is 5.11. The monoisotopic (exact) mass is 439 g/mol. The minimum absolute atomic E-state index is 0.132.